The number of carbonyl (C=O) groups is 3. The van der Waals surface area contributed by atoms with E-state index in [2.05, 4.69) is 28.9 Å². The second-order valence-electron chi connectivity index (χ2n) is 12.3. The third kappa shape index (κ3) is 11.0. The highest BCUT2D eigenvalue weighted by molar-refractivity contribution is 7.95. The van der Waals surface area contributed by atoms with Gasteiger partial charge < -0.3 is 9.47 Å². The van der Waals surface area contributed by atoms with E-state index in [0.717, 1.165) is 9.69 Å². The number of amides is 1. The summed E-state index contributed by atoms with van der Waals surface area (Å²) in [6.45, 7) is 2.91. The number of carbonyl (C=O) groups excluding carboxylic acids is 3. The fourth-order valence-corrected chi connectivity index (χ4v) is 10.1. The van der Waals surface area contributed by atoms with Crippen molar-refractivity contribution in [3.63, 3.8) is 0 Å². The summed E-state index contributed by atoms with van der Waals surface area (Å²) in [7, 11) is -9.38. The number of nitrogens with zero attached hydrogens (tertiary/aromatic N) is 3. The zero-order chi connectivity index (χ0) is 40.5. The van der Waals surface area contributed by atoms with Crippen molar-refractivity contribution in [1.82, 2.24) is 14.8 Å². The number of hydrogen-bond acceptors (Lipinski definition) is 19. The molecule has 0 radical (unpaired) electrons. The molecule has 1 aliphatic heterocycles. The van der Waals surface area contributed by atoms with Gasteiger partial charge in [-0.15, -0.1) is 8.67 Å². The molecule has 0 spiro atoms. The molecule has 308 valence electrons. The lowest BCUT2D eigenvalue weighted by molar-refractivity contribution is -0.432. The molecule has 3 aliphatic rings. The molecule has 0 bridgehead atoms. The first-order valence-electron chi connectivity index (χ1n) is 16.7. The molecular weight excluding hydrogens is 821 g/mol. The predicted molar refractivity (Wildman–Crippen MR) is 192 cm³/mol. The van der Waals surface area contributed by atoms with Crippen LogP contribution >= 0.6 is 24.1 Å². The number of esters is 2. The lowest BCUT2D eigenvalue weighted by Crippen LogP contribution is -2.50. The maximum atomic E-state index is 13.7. The summed E-state index contributed by atoms with van der Waals surface area (Å²) in [5.41, 5.74) is -1.74. The van der Waals surface area contributed by atoms with Crippen LogP contribution in [0.25, 0.3) is 6.08 Å². The molecule has 1 amide bonds. The van der Waals surface area contributed by atoms with Gasteiger partial charge in [-0.1, -0.05) is 28.3 Å². The fraction of sp³-hybridized carbons (Fsp3) is 0.621. The van der Waals surface area contributed by atoms with Crippen LogP contribution in [0.1, 0.15) is 80.9 Å². The number of allylic oxidation sites excluding steroid dienone is 3. The molecule has 26 heteroatoms. The Balaban J connectivity index is 1.62. The number of nitrogens with one attached hydrogen (secondary N) is 1. The number of aromatic nitrogens is 2. The minimum absolute atomic E-state index is 0.0706. The van der Waals surface area contributed by atoms with Crippen LogP contribution < -0.4 is 5.56 Å². The number of aromatic amines is 1. The first-order valence-corrected chi connectivity index (χ1v) is 21.3. The van der Waals surface area contributed by atoms with Gasteiger partial charge in [0.2, 0.25) is 0 Å². The van der Waals surface area contributed by atoms with Gasteiger partial charge in [-0.3, -0.25) is 23.8 Å². The third-order valence-corrected chi connectivity index (χ3v) is 13.4. The van der Waals surface area contributed by atoms with Gasteiger partial charge in [-0.2, -0.15) is 21.9 Å². The lowest BCUT2D eigenvalue weighted by atomic mass is 9.92. The Hall–Kier alpha value is -3.15. The van der Waals surface area contributed by atoms with Crippen LogP contribution in [-0.2, 0) is 58.0 Å². The average molecular weight is 861 g/mol. The molecule has 2 heterocycles. The minimum atomic E-state index is -4.69. The molecule has 22 nitrogen and oxygen atoms in total. The van der Waals surface area contributed by atoms with E-state index < -0.39 is 82.6 Å². The average Bonchev–Trinajstić information content (AvgIpc) is 3.64. The molecule has 0 aromatic carbocycles. The first kappa shape index (κ1) is 44.6. The molecule has 1 aromatic rings. The fourth-order valence-electron chi connectivity index (χ4n) is 6.72. The van der Waals surface area contributed by atoms with Crippen molar-refractivity contribution < 1.29 is 79.1 Å². The summed E-state index contributed by atoms with van der Waals surface area (Å²) in [6, 6.07) is -2.45. The molecule has 2 saturated carbocycles. The second-order valence-corrected chi connectivity index (χ2v) is 17.6. The zero-order valence-electron chi connectivity index (χ0n) is 29.2. The number of hydrazone groups is 1. The van der Waals surface area contributed by atoms with E-state index in [0.29, 0.717) is 24.1 Å². The van der Waals surface area contributed by atoms with Crippen molar-refractivity contribution in [2.75, 3.05) is 13.2 Å². The predicted octanol–water partition coefficient (Wildman–Crippen LogP) is 2.36. The Morgan fingerprint density at radius 2 is 1.40 bits per heavy atom. The highest BCUT2D eigenvalue weighted by Gasteiger charge is 2.49. The van der Waals surface area contributed by atoms with Crippen LogP contribution in [0.4, 0.5) is 0 Å². The van der Waals surface area contributed by atoms with Gasteiger partial charge in [0, 0.05) is 34.6 Å². The molecule has 7 atom stereocenters. The second kappa shape index (κ2) is 19.8. The van der Waals surface area contributed by atoms with E-state index in [1.165, 1.54) is 38.2 Å². The quantitative estimate of drug-likeness (QED) is 0.0353. The lowest BCUT2D eigenvalue weighted by Gasteiger charge is -2.36. The highest BCUT2D eigenvalue weighted by atomic mass is 32.2. The van der Waals surface area contributed by atoms with Crippen LogP contribution in [0.2, 0.25) is 0 Å². The maximum absolute atomic E-state index is 13.7. The monoisotopic (exact) mass is 860 g/mol. The number of hydrogen-bond donors (Lipinski definition) is 5. The number of rotatable bonds is 18. The van der Waals surface area contributed by atoms with Gasteiger partial charge >= 0.3 is 11.9 Å². The minimum Gasteiger partial charge on any atom is -0.461 e. The Labute approximate surface area is 322 Å². The summed E-state index contributed by atoms with van der Waals surface area (Å²) in [4.78, 5) is 53.3. The first-order chi connectivity index (χ1) is 26.1. The normalized spacial score (nSPS) is 26.5. The van der Waals surface area contributed by atoms with Gasteiger partial charge in [0.1, 0.15) is 10.5 Å². The molecule has 4 rings (SSSR count). The molecule has 2 fully saturated rings. The van der Waals surface area contributed by atoms with Gasteiger partial charge in [0.15, 0.2) is 11.4 Å². The van der Waals surface area contributed by atoms with Crippen LogP contribution in [0.15, 0.2) is 28.1 Å². The van der Waals surface area contributed by atoms with E-state index in [9.17, 15) is 45.1 Å². The van der Waals surface area contributed by atoms with Gasteiger partial charge in [0.25, 0.3) is 31.7 Å². The molecule has 1 aromatic heterocycles. The standard InChI is InChI=1S/C29H40N4O18S4/c1-3-46-28(36)24-18(26(34)32(30-24)20-14-16(52-50-48-38)10-12-22(20)54(40,41)42)8-6-5-7-9-19-25(29(37)47-4-2)31-33(27(19)35)21-15-17(53-51-49-39)11-13-23(21)55(43,44)45/h5-8,16-17,19-23,30,38-39H,3-4,9-15H2,1-2H3,(H,40,41,42)(H,43,44,45). The molecular formula is C29H40N4O18S4. The van der Waals surface area contributed by atoms with Gasteiger partial charge in [0.05, 0.1) is 36.8 Å². The van der Waals surface area contributed by atoms with Crippen molar-refractivity contribution >= 4 is 74.0 Å². The van der Waals surface area contributed by atoms with E-state index >= 15 is 0 Å². The van der Waals surface area contributed by atoms with E-state index in [1.807, 2.05) is 0 Å². The zero-order valence-corrected chi connectivity index (χ0v) is 32.5. The number of H-pyrrole nitrogens is 1. The van der Waals surface area contributed by atoms with Gasteiger partial charge in [-0.05, 0) is 64.9 Å². The largest absolute Gasteiger partial charge is 0.461 e. The van der Waals surface area contributed by atoms with Crippen LogP contribution in [0.5, 0.6) is 0 Å². The van der Waals surface area contributed by atoms with Crippen molar-refractivity contribution in [3.8, 4) is 0 Å². The summed E-state index contributed by atoms with van der Waals surface area (Å²) in [6.07, 6.45) is 5.19. The number of ether oxygens (including phenoxy) is 2. The third-order valence-electron chi connectivity index (χ3n) is 9.10. The molecule has 5 N–H and O–H groups in total. The maximum Gasteiger partial charge on any atom is 0.357 e. The van der Waals surface area contributed by atoms with E-state index in [-0.39, 0.29) is 75.1 Å². The Morgan fingerprint density at radius 1 is 0.855 bits per heavy atom. The summed E-state index contributed by atoms with van der Waals surface area (Å²) in [5.74, 6) is -3.92. The Kier molecular flexibility index (Phi) is 16.1. The topological polar surface area (TPSA) is 309 Å². The summed E-state index contributed by atoms with van der Waals surface area (Å²) >= 11 is 1.34. The van der Waals surface area contributed by atoms with Crippen molar-refractivity contribution in [3.05, 3.63) is 39.8 Å². The van der Waals surface area contributed by atoms with E-state index in [4.69, 9.17) is 20.0 Å². The van der Waals surface area contributed by atoms with Crippen molar-refractivity contribution in [2.45, 2.75) is 91.9 Å². The van der Waals surface area contributed by atoms with Crippen LogP contribution in [0.3, 0.4) is 0 Å². The molecule has 0 saturated heterocycles. The molecule has 7 unspecified atom stereocenters. The summed E-state index contributed by atoms with van der Waals surface area (Å²) in [5, 5.41) is 28.0. The van der Waals surface area contributed by atoms with Crippen molar-refractivity contribution in [2.24, 2.45) is 11.0 Å². The Bertz CT molecular complexity index is 1910. The SMILES string of the molecule is CCOC(=O)C1=NN(C2CC(SOOO)CCC2S(=O)(=O)O)C(=O)C1CC=CC=Cc1c(C(=O)OCC)[nH]n(C2CC(SOOO)CCC2S(=O)(=O)O)c1=O. The molecule has 2 aliphatic carbocycles. The summed E-state index contributed by atoms with van der Waals surface area (Å²) < 4.78 is 89.3. The van der Waals surface area contributed by atoms with Crippen LogP contribution in [-0.4, -0.2) is 115 Å². The van der Waals surface area contributed by atoms with Gasteiger partial charge in [-0.25, -0.2) is 29.8 Å². The van der Waals surface area contributed by atoms with E-state index in [1.54, 1.807) is 0 Å². The smallest absolute Gasteiger partial charge is 0.357 e. The molecule has 55 heavy (non-hydrogen) atoms. The van der Waals surface area contributed by atoms with Crippen molar-refractivity contribution in [1.29, 1.82) is 0 Å². The van der Waals surface area contributed by atoms with Crippen LogP contribution in [0, 0.1) is 5.92 Å². The highest BCUT2D eigenvalue weighted by Crippen LogP contribution is 2.39. The Morgan fingerprint density at radius 3 is 1.95 bits per heavy atom.